The van der Waals surface area contributed by atoms with E-state index in [1.807, 2.05) is 30.3 Å². The van der Waals surface area contributed by atoms with Crippen LogP contribution in [0.1, 0.15) is 19.8 Å². The van der Waals surface area contributed by atoms with E-state index in [1.165, 1.54) is 14.2 Å². The summed E-state index contributed by atoms with van der Waals surface area (Å²) in [7, 11) is 2.55. The van der Waals surface area contributed by atoms with Crippen molar-refractivity contribution in [2.75, 3.05) is 14.2 Å². The second kappa shape index (κ2) is 14.3. The van der Waals surface area contributed by atoms with E-state index >= 15 is 0 Å². The number of carboxylic acid groups (broad SMARTS) is 1. The van der Waals surface area contributed by atoms with Crippen LogP contribution in [0.3, 0.4) is 0 Å². The molecule has 0 unspecified atom stereocenters. The highest BCUT2D eigenvalue weighted by Gasteiger charge is 2.05. The number of esters is 2. The molecule has 0 aromatic heterocycles. The van der Waals surface area contributed by atoms with Crippen LogP contribution in [-0.2, 0) is 23.9 Å². The van der Waals surface area contributed by atoms with Crippen molar-refractivity contribution in [3.63, 3.8) is 0 Å². The number of carbonyl (C=O) groups is 3. The number of aliphatic carboxylic acids is 1. The predicted molar refractivity (Wildman–Crippen MR) is 78.0 cm³/mol. The molecule has 7 heteroatoms. The van der Waals surface area contributed by atoms with Gasteiger partial charge in [-0.2, -0.15) is 0 Å². The van der Waals surface area contributed by atoms with Gasteiger partial charge in [0, 0.05) is 11.9 Å². The number of hydrogen-bond donors (Lipinski definition) is 1. The van der Waals surface area contributed by atoms with Gasteiger partial charge in [-0.3, -0.25) is 14.4 Å². The molecule has 0 aliphatic rings. The number of hydrogen-bond acceptors (Lipinski definition) is 5. The number of rotatable bonds is 3. The van der Waals surface area contributed by atoms with Crippen LogP contribution in [0.2, 0.25) is 5.02 Å². The first kappa shape index (κ1) is 21.2. The van der Waals surface area contributed by atoms with Crippen LogP contribution in [-0.4, -0.2) is 37.2 Å². The minimum atomic E-state index is -0.833. The largest absolute Gasteiger partial charge is 0.481 e. The Balaban J connectivity index is 0. The van der Waals surface area contributed by atoms with Crippen molar-refractivity contribution in [2.24, 2.45) is 0 Å². The standard InChI is InChI=1S/C6H5Cl.C6H10O4.C2H4O2/c7-6-4-2-1-3-5-6;1-9-5(7)3-4-6(8)10-2;1-2(3)4/h1-5H;3-4H2,1-2H3;1H3,(H,3,4). The smallest absolute Gasteiger partial charge is 0.306 e. The maximum atomic E-state index is 10.4. The summed E-state index contributed by atoms with van der Waals surface area (Å²) in [5.41, 5.74) is 0. The zero-order chi connectivity index (χ0) is 16.7. The SMILES string of the molecule is CC(=O)O.COC(=O)CCC(=O)OC.Clc1ccccc1. The van der Waals surface area contributed by atoms with Gasteiger partial charge in [-0.1, -0.05) is 29.8 Å². The second-order valence-electron chi connectivity index (χ2n) is 3.47. The fourth-order valence-corrected chi connectivity index (χ4v) is 0.968. The Labute approximate surface area is 128 Å². The van der Waals surface area contributed by atoms with Crippen molar-refractivity contribution >= 4 is 29.5 Å². The molecule has 0 atom stereocenters. The fourth-order valence-electron chi connectivity index (χ4n) is 0.823. The molecular weight excluding hydrogens is 300 g/mol. The fraction of sp³-hybridized carbons (Fsp3) is 0.357. The Morgan fingerprint density at radius 2 is 1.33 bits per heavy atom. The molecule has 0 spiro atoms. The lowest BCUT2D eigenvalue weighted by Gasteiger charge is -1.96. The lowest BCUT2D eigenvalue weighted by Crippen LogP contribution is -2.06. The van der Waals surface area contributed by atoms with Gasteiger partial charge in [0.1, 0.15) is 0 Å². The summed E-state index contributed by atoms with van der Waals surface area (Å²) in [6.45, 7) is 1.08. The summed E-state index contributed by atoms with van der Waals surface area (Å²) in [6, 6.07) is 9.44. The molecule has 1 aromatic carbocycles. The monoisotopic (exact) mass is 318 g/mol. The number of benzene rings is 1. The van der Waals surface area contributed by atoms with Gasteiger partial charge in [0.25, 0.3) is 5.97 Å². The van der Waals surface area contributed by atoms with Gasteiger partial charge in [-0.15, -0.1) is 0 Å². The average Bonchev–Trinajstić information content (AvgIpc) is 2.45. The number of carbonyl (C=O) groups excluding carboxylic acids is 2. The van der Waals surface area contributed by atoms with Crippen LogP contribution in [0.4, 0.5) is 0 Å². The van der Waals surface area contributed by atoms with Crippen molar-refractivity contribution in [3.05, 3.63) is 35.4 Å². The summed E-state index contributed by atoms with van der Waals surface area (Å²) in [4.78, 5) is 29.8. The van der Waals surface area contributed by atoms with Gasteiger partial charge >= 0.3 is 11.9 Å². The van der Waals surface area contributed by atoms with Crippen molar-refractivity contribution in [2.45, 2.75) is 19.8 Å². The Hall–Kier alpha value is -2.08. The van der Waals surface area contributed by atoms with Crippen molar-refractivity contribution in [1.29, 1.82) is 0 Å². The molecule has 0 amide bonds. The summed E-state index contributed by atoms with van der Waals surface area (Å²) in [6.07, 6.45) is 0.173. The van der Waals surface area contributed by atoms with Crippen LogP contribution in [0.15, 0.2) is 30.3 Å². The molecular formula is C14H19ClO6. The molecule has 0 bridgehead atoms. The highest BCUT2D eigenvalue weighted by Crippen LogP contribution is 2.03. The third-order valence-corrected chi connectivity index (χ3v) is 1.97. The Bertz CT molecular complexity index is 399. The first-order chi connectivity index (χ1) is 9.83. The second-order valence-corrected chi connectivity index (χ2v) is 3.90. The Morgan fingerprint density at radius 1 is 1.00 bits per heavy atom. The highest BCUT2D eigenvalue weighted by molar-refractivity contribution is 6.30. The molecule has 21 heavy (non-hydrogen) atoms. The van der Waals surface area contributed by atoms with Crippen LogP contribution in [0.25, 0.3) is 0 Å². The maximum Gasteiger partial charge on any atom is 0.306 e. The molecule has 1 aromatic rings. The minimum Gasteiger partial charge on any atom is -0.481 e. The zero-order valence-electron chi connectivity index (χ0n) is 12.2. The van der Waals surface area contributed by atoms with E-state index in [2.05, 4.69) is 9.47 Å². The topological polar surface area (TPSA) is 89.9 Å². The van der Waals surface area contributed by atoms with Crippen molar-refractivity contribution in [3.8, 4) is 0 Å². The van der Waals surface area contributed by atoms with Crippen LogP contribution in [0, 0.1) is 0 Å². The molecule has 0 radical (unpaired) electrons. The molecule has 0 saturated carbocycles. The molecule has 1 N–H and O–H groups in total. The lowest BCUT2D eigenvalue weighted by molar-refractivity contribution is -0.147. The zero-order valence-corrected chi connectivity index (χ0v) is 12.9. The molecule has 0 heterocycles. The molecule has 1 rings (SSSR count). The van der Waals surface area contributed by atoms with Crippen molar-refractivity contribution in [1.82, 2.24) is 0 Å². The van der Waals surface area contributed by atoms with Gasteiger partial charge in [0.15, 0.2) is 0 Å². The lowest BCUT2D eigenvalue weighted by atomic mass is 10.3. The van der Waals surface area contributed by atoms with Gasteiger partial charge in [-0.25, -0.2) is 0 Å². The highest BCUT2D eigenvalue weighted by atomic mass is 35.5. The number of halogens is 1. The summed E-state index contributed by atoms with van der Waals surface area (Å²) in [5.74, 6) is -1.63. The van der Waals surface area contributed by atoms with Crippen LogP contribution < -0.4 is 0 Å². The number of ether oxygens (including phenoxy) is 2. The van der Waals surface area contributed by atoms with Crippen LogP contribution in [0.5, 0.6) is 0 Å². The van der Waals surface area contributed by atoms with E-state index in [9.17, 15) is 9.59 Å². The molecule has 6 nitrogen and oxygen atoms in total. The predicted octanol–water partition coefficient (Wildman–Crippen LogP) is 2.54. The summed E-state index contributed by atoms with van der Waals surface area (Å²) in [5, 5.41) is 8.21. The normalized spacial score (nSPS) is 8.19. The van der Waals surface area contributed by atoms with Gasteiger partial charge in [0.2, 0.25) is 0 Å². The molecule has 0 saturated heterocycles. The maximum absolute atomic E-state index is 10.4. The summed E-state index contributed by atoms with van der Waals surface area (Å²) < 4.78 is 8.60. The minimum absolute atomic E-state index is 0.0865. The van der Waals surface area contributed by atoms with E-state index in [4.69, 9.17) is 21.5 Å². The van der Waals surface area contributed by atoms with E-state index in [1.54, 1.807) is 0 Å². The molecule has 0 aliphatic heterocycles. The number of carboxylic acids is 1. The Morgan fingerprint density at radius 3 is 1.52 bits per heavy atom. The Kier molecular flexibility index (Phi) is 14.5. The first-order valence-electron chi connectivity index (χ1n) is 5.87. The average molecular weight is 319 g/mol. The third-order valence-electron chi connectivity index (χ3n) is 1.72. The van der Waals surface area contributed by atoms with Crippen molar-refractivity contribution < 1.29 is 29.0 Å². The molecule has 0 fully saturated rings. The van der Waals surface area contributed by atoms with E-state index in [0.717, 1.165) is 11.9 Å². The molecule has 0 aliphatic carbocycles. The van der Waals surface area contributed by atoms with Gasteiger partial charge in [0.05, 0.1) is 27.1 Å². The number of methoxy groups -OCH3 is 2. The van der Waals surface area contributed by atoms with Gasteiger partial charge < -0.3 is 14.6 Å². The quantitative estimate of drug-likeness (QED) is 0.861. The molecule has 118 valence electrons. The summed E-state index contributed by atoms with van der Waals surface area (Å²) >= 11 is 5.54. The van der Waals surface area contributed by atoms with Crippen LogP contribution >= 0.6 is 11.6 Å². The van der Waals surface area contributed by atoms with E-state index in [0.29, 0.717) is 0 Å². The first-order valence-corrected chi connectivity index (χ1v) is 6.25. The van der Waals surface area contributed by atoms with E-state index < -0.39 is 17.9 Å². The van der Waals surface area contributed by atoms with E-state index in [-0.39, 0.29) is 12.8 Å². The third kappa shape index (κ3) is 20.4. The van der Waals surface area contributed by atoms with Gasteiger partial charge in [-0.05, 0) is 12.1 Å².